The molecule has 0 aliphatic carbocycles. The van der Waals surface area contributed by atoms with Crippen molar-refractivity contribution in [3.63, 3.8) is 0 Å². The van der Waals surface area contributed by atoms with Gasteiger partial charge in [0.2, 0.25) is 5.91 Å². The molecule has 0 spiro atoms. The second kappa shape index (κ2) is 28.7. The zero-order valence-electron chi connectivity index (χ0n) is 30.8. The van der Waals surface area contributed by atoms with Gasteiger partial charge in [0.15, 0.2) is 6.29 Å². The van der Waals surface area contributed by atoms with Crippen molar-refractivity contribution in [3.05, 3.63) is 36.5 Å². The fraction of sp³-hybridized carbons (Fsp3) is 0.811. The van der Waals surface area contributed by atoms with Gasteiger partial charge in [-0.3, -0.25) is 9.35 Å². The summed E-state index contributed by atoms with van der Waals surface area (Å²) in [6.45, 7) is 3.07. The molecule has 0 aromatic rings. The summed E-state index contributed by atoms with van der Waals surface area (Å²) in [5.41, 5.74) is 0. The number of hydrogen-bond acceptors (Lipinski definition) is 11. The largest absolute Gasteiger partial charge is 0.397 e. The fourth-order valence-electron chi connectivity index (χ4n) is 5.63. The molecule has 0 radical (unpaired) electrons. The molecule has 14 heteroatoms. The molecule has 298 valence electrons. The lowest BCUT2D eigenvalue weighted by Gasteiger charge is -2.41. The minimum Gasteiger partial charge on any atom is -0.394 e. The molecule has 1 fully saturated rings. The van der Waals surface area contributed by atoms with E-state index in [0.29, 0.717) is 12.8 Å². The molecule has 1 amide bonds. The quantitative estimate of drug-likeness (QED) is 0.0306. The van der Waals surface area contributed by atoms with Gasteiger partial charge >= 0.3 is 10.4 Å². The first-order valence-corrected chi connectivity index (χ1v) is 20.3. The van der Waals surface area contributed by atoms with Crippen molar-refractivity contribution in [2.24, 2.45) is 0 Å². The predicted octanol–water partition coefficient (Wildman–Crippen LogP) is 4.57. The minimum atomic E-state index is -5.12. The number of unbranched alkanes of at least 4 members (excludes halogenated alkanes) is 13. The van der Waals surface area contributed by atoms with Crippen molar-refractivity contribution in [3.8, 4) is 0 Å². The average Bonchev–Trinajstić information content (AvgIpc) is 3.09. The molecular formula is C37H67NO12S. The van der Waals surface area contributed by atoms with Gasteiger partial charge in [-0.1, -0.05) is 115 Å². The van der Waals surface area contributed by atoms with E-state index in [9.17, 15) is 38.7 Å². The molecule has 1 aliphatic heterocycles. The lowest BCUT2D eigenvalue weighted by atomic mass is 9.99. The molecule has 7 N–H and O–H groups in total. The lowest BCUT2D eigenvalue weighted by Crippen LogP contribution is -2.61. The molecule has 0 aromatic carbocycles. The summed E-state index contributed by atoms with van der Waals surface area (Å²) < 4.78 is 47.2. The second-order valence-corrected chi connectivity index (χ2v) is 14.3. The Bertz CT molecular complexity index is 1090. The Labute approximate surface area is 306 Å². The molecule has 1 aliphatic rings. The van der Waals surface area contributed by atoms with Crippen LogP contribution in [-0.4, -0.2) is 107 Å². The number of hydrogen-bond donors (Lipinski definition) is 7. The summed E-state index contributed by atoms with van der Waals surface area (Å²) in [4.78, 5) is 13.0. The number of carbonyl (C=O) groups excluding carboxylic acids is 1. The Morgan fingerprint density at radius 3 is 1.94 bits per heavy atom. The standard InChI is InChI=1S/C37H67NO12S/c1-3-5-7-9-11-13-15-16-18-19-21-23-25-30(40)29(38-36(44)31(41)26-24-22-20-17-14-12-10-8-6-4-2)28-48-37-34(43)35(50-51(45,46)47)33(42)32(27-39)49-37/h10,12,16,18,23,25,29-35,37,39-43H,3-9,11,13-15,17,19-22,24,26-28H2,1-2H3,(H,38,44)(H,45,46,47)/b12-10-,18-16+,25-23+. The molecule has 1 rings (SSSR count). The Kier molecular flexibility index (Phi) is 26.7. The summed E-state index contributed by atoms with van der Waals surface area (Å²) in [5, 5.41) is 54.7. The van der Waals surface area contributed by atoms with Crippen molar-refractivity contribution in [1.29, 1.82) is 0 Å². The van der Waals surface area contributed by atoms with Gasteiger partial charge in [-0.15, -0.1) is 0 Å². The van der Waals surface area contributed by atoms with E-state index in [4.69, 9.17) is 14.0 Å². The average molecular weight is 750 g/mol. The number of nitrogens with one attached hydrogen (secondary N) is 1. The number of ether oxygens (including phenoxy) is 2. The highest BCUT2D eigenvalue weighted by Gasteiger charge is 2.48. The molecule has 8 atom stereocenters. The predicted molar refractivity (Wildman–Crippen MR) is 196 cm³/mol. The maximum atomic E-state index is 13.0. The molecule has 0 aromatic heterocycles. The Hall–Kier alpha value is -1.72. The van der Waals surface area contributed by atoms with Gasteiger partial charge < -0.3 is 40.3 Å². The van der Waals surface area contributed by atoms with Crippen LogP contribution in [0.2, 0.25) is 0 Å². The van der Waals surface area contributed by atoms with Crippen LogP contribution < -0.4 is 5.32 Å². The van der Waals surface area contributed by atoms with Crippen molar-refractivity contribution in [2.45, 2.75) is 178 Å². The maximum absolute atomic E-state index is 13.0. The van der Waals surface area contributed by atoms with Crippen molar-refractivity contribution >= 4 is 16.3 Å². The molecule has 51 heavy (non-hydrogen) atoms. The highest BCUT2D eigenvalue weighted by atomic mass is 32.3. The van der Waals surface area contributed by atoms with E-state index >= 15 is 0 Å². The number of aliphatic hydroxyl groups excluding tert-OH is 5. The van der Waals surface area contributed by atoms with Gasteiger partial charge in [-0.05, 0) is 51.4 Å². The lowest BCUT2D eigenvalue weighted by molar-refractivity contribution is -0.298. The SMILES string of the molecule is CCCC/C=C\CCCCCCC(O)C(=O)NC(COC1OC(CO)C(O)C(OS(=O)(=O)O)C1O)C(O)/C=C/CC/C=C/CCCCCCCC. The van der Waals surface area contributed by atoms with Gasteiger partial charge in [0.05, 0.1) is 25.4 Å². The van der Waals surface area contributed by atoms with Crippen molar-refractivity contribution in [1.82, 2.24) is 5.32 Å². The van der Waals surface area contributed by atoms with Gasteiger partial charge in [-0.2, -0.15) is 8.42 Å². The van der Waals surface area contributed by atoms with Gasteiger partial charge in [-0.25, -0.2) is 4.18 Å². The molecule has 0 bridgehead atoms. The number of allylic oxidation sites excluding steroid dienone is 5. The third-order valence-corrected chi connectivity index (χ3v) is 9.22. The topological polar surface area (TPSA) is 212 Å². The van der Waals surface area contributed by atoms with E-state index in [0.717, 1.165) is 51.4 Å². The molecule has 1 heterocycles. The monoisotopic (exact) mass is 749 g/mol. The van der Waals surface area contributed by atoms with Gasteiger partial charge in [0.1, 0.15) is 30.5 Å². The number of carbonyl (C=O) groups is 1. The van der Waals surface area contributed by atoms with Crippen molar-refractivity contribution in [2.75, 3.05) is 13.2 Å². The van der Waals surface area contributed by atoms with Crippen LogP contribution in [0.1, 0.15) is 129 Å². The van der Waals surface area contributed by atoms with E-state index in [1.807, 2.05) is 0 Å². The molecule has 13 nitrogen and oxygen atoms in total. The third-order valence-electron chi connectivity index (χ3n) is 8.75. The first-order chi connectivity index (χ1) is 24.4. The second-order valence-electron chi connectivity index (χ2n) is 13.3. The Morgan fingerprint density at radius 1 is 0.784 bits per heavy atom. The van der Waals surface area contributed by atoms with Crippen LogP contribution in [0.5, 0.6) is 0 Å². The Balaban J connectivity index is 2.77. The van der Waals surface area contributed by atoms with Gasteiger partial charge in [0, 0.05) is 0 Å². The maximum Gasteiger partial charge on any atom is 0.397 e. The zero-order chi connectivity index (χ0) is 37.9. The highest BCUT2D eigenvalue weighted by molar-refractivity contribution is 7.80. The third kappa shape index (κ3) is 22.2. The van der Waals surface area contributed by atoms with Crippen LogP contribution in [0.3, 0.4) is 0 Å². The molecule has 1 saturated heterocycles. The van der Waals surface area contributed by atoms with Crippen LogP contribution in [0.25, 0.3) is 0 Å². The summed E-state index contributed by atoms with van der Waals surface area (Å²) in [5.74, 6) is -0.728. The van der Waals surface area contributed by atoms with Crippen LogP contribution in [0.4, 0.5) is 0 Å². The van der Waals surface area contributed by atoms with Gasteiger partial charge in [0.25, 0.3) is 0 Å². The van der Waals surface area contributed by atoms with Crippen LogP contribution in [0, 0.1) is 0 Å². The van der Waals surface area contributed by atoms with E-state index < -0.39 is 78.5 Å². The van der Waals surface area contributed by atoms with Crippen LogP contribution in [-0.2, 0) is 28.9 Å². The normalized spacial score (nSPS) is 23.3. The van der Waals surface area contributed by atoms with Crippen molar-refractivity contribution < 1.29 is 57.0 Å². The minimum absolute atomic E-state index is 0.220. The highest BCUT2D eigenvalue weighted by Crippen LogP contribution is 2.26. The van der Waals surface area contributed by atoms with E-state index in [2.05, 4.69) is 47.7 Å². The van der Waals surface area contributed by atoms with E-state index in [1.165, 1.54) is 51.0 Å². The zero-order valence-corrected chi connectivity index (χ0v) is 31.6. The fourth-order valence-corrected chi connectivity index (χ4v) is 6.14. The number of amides is 1. The Morgan fingerprint density at radius 2 is 1.33 bits per heavy atom. The number of aliphatic hydroxyl groups is 5. The molecule has 8 unspecified atom stereocenters. The summed E-state index contributed by atoms with van der Waals surface area (Å²) in [6, 6.07) is -1.14. The van der Waals surface area contributed by atoms with E-state index in [1.54, 1.807) is 6.08 Å². The molecular weight excluding hydrogens is 682 g/mol. The molecule has 0 saturated carbocycles. The van der Waals surface area contributed by atoms with Crippen LogP contribution >= 0.6 is 0 Å². The van der Waals surface area contributed by atoms with E-state index in [-0.39, 0.29) is 6.42 Å². The summed E-state index contributed by atoms with van der Waals surface area (Å²) in [7, 11) is -5.12. The first kappa shape index (κ1) is 47.3. The summed E-state index contributed by atoms with van der Waals surface area (Å²) >= 11 is 0. The summed E-state index contributed by atoms with van der Waals surface area (Å²) in [6.07, 6.45) is 18.3. The number of rotatable bonds is 30. The first-order valence-electron chi connectivity index (χ1n) is 19.0. The smallest absolute Gasteiger partial charge is 0.394 e. The van der Waals surface area contributed by atoms with Crippen LogP contribution in [0.15, 0.2) is 36.5 Å².